The topological polar surface area (TPSA) is 61.0 Å². The number of carbonyl (C=O) groups is 1. The van der Waals surface area contributed by atoms with Gasteiger partial charge in [-0.05, 0) is 41.8 Å². The van der Waals surface area contributed by atoms with E-state index in [2.05, 4.69) is 61.6 Å². The molecule has 0 unspecified atom stereocenters. The monoisotopic (exact) mass is 486 g/mol. The zero-order valence-electron chi connectivity index (χ0n) is 21.7. The van der Waals surface area contributed by atoms with Crippen LogP contribution in [0.25, 0.3) is 16.6 Å². The summed E-state index contributed by atoms with van der Waals surface area (Å²) in [5, 5.41) is 4.44. The molecule has 0 saturated heterocycles. The third-order valence-electron chi connectivity index (χ3n) is 6.90. The van der Waals surface area contributed by atoms with Crippen molar-refractivity contribution in [3.63, 3.8) is 0 Å². The molecular formula is C29H34N4O3. The van der Waals surface area contributed by atoms with Crippen molar-refractivity contribution in [3.8, 4) is 16.9 Å². The molecule has 0 saturated carbocycles. The maximum Gasteiger partial charge on any atom is 0.270 e. The van der Waals surface area contributed by atoms with E-state index in [-0.39, 0.29) is 11.3 Å². The zero-order valence-corrected chi connectivity index (χ0v) is 21.7. The Morgan fingerprint density at radius 3 is 2.61 bits per heavy atom. The number of rotatable bonds is 7. The lowest BCUT2D eigenvalue weighted by atomic mass is 9.92. The van der Waals surface area contributed by atoms with Gasteiger partial charge in [-0.25, -0.2) is 4.52 Å². The SMILES string of the molecule is COCCOc1cc2c(-c3ccc(CN4CCn5c(ccc5C(C)(C)C)C4=O)c(C)c3)ccnn2c1. The first-order valence-corrected chi connectivity index (χ1v) is 12.4. The molecule has 4 heterocycles. The molecule has 0 fully saturated rings. The number of aryl methyl sites for hydroxylation is 1. The quantitative estimate of drug-likeness (QED) is 0.342. The van der Waals surface area contributed by atoms with Gasteiger partial charge in [-0.1, -0.05) is 39.0 Å². The number of carbonyl (C=O) groups excluding carboxylic acids is 1. The number of nitrogens with zero attached hydrogens (tertiary/aromatic N) is 4. The van der Waals surface area contributed by atoms with Crippen molar-refractivity contribution >= 4 is 11.4 Å². The maximum absolute atomic E-state index is 13.3. The van der Waals surface area contributed by atoms with Crippen molar-refractivity contribution in [2.75, 3.05) is 26.9 Å². The maximum atomic E-state index is 13.3. The smallest absolute Gasteiger partial charge is 0.270 e. The van der Waals surface area contributed by atoms with E-state index < -0.39 is 0 Å². The molecule has 1 aliphatic rings. The lowest BCUT2D eigenvalue weighted by Crippen LogP contribution is -2.40. The van der Waals surface area contributed by atoms with Crippen molar-refractivity contribution < 1.29 is 14.3 Å². The predicted molar refractivity (Wildman–Crippen MR) is 141 cm³/mol. The van der Waals surface area contributed by atoms with Gasteiger partial charge in [0.05, 0.1) is 18.3 Å². The van der Waals surface area contributed by atoms with Gasteiger partial charge in [-0.3, -0.25) is 4.79 Å². The summed E-state index contributed by atoms with van der Waals surface area (Å²) in [4.78, 5) is 15.2. The average molecular weight is 487 g/mol. The summed E-state index contributed by atoms with van der Waals surface area (Å²) in [5.74, 6) is 0.869. The lowest BCUT2D eigenvalue weighted by molar-refractivity contribution is 0.0688. The van der Waals surface area contributed by atoms with Crippen molar-refractivity contribution in [1.29, 1.82) is 0 Å². The summed E-state index contributed by atoms with van der Waals surface area (Å²) < 4.78 is 14.9. The van der Waals surface area contributed by atoms with Crippen molar-refractivity contribution in [3.05, 3.63) is 77.4 Å². The molecule has 36 heavy (non-hydrogen) atoms. The van der Waals surface area contributed by atoms with Crippen LogP contribution in [-0.2, 0) is 23.2 Å². The summed E-state index contributed by atoms with van der Waals surface area (Å²) in [6, 6.07) is 14.6. The van der Waals surface area contributed by atoms with Crippen LogP contribution in [0.4, 0.5) is 0 Å². The molecule has 5 rings (SSSR count). The van der Waals surface area contributed by atoms with E-state index in [9.17, 15) is 4.79 Å². The highest BCUT2D eigenvalue weighted by Crippen LogP contribution is 2.31. The second kappa shape index (κ2) is 9.47. The molecule has 3 aromatic heterocycles. The standard InChI is InChI=1S/C29H34N4O3/c1-20-16-21(24-10-11-30-33-19-23(17-26(24)33)36-15-14-35-5)6-7-22(20)18-31-12-13-32-25(28(31)34)8-9-27(32)29(2,3)4/h6-11,16-17,19H,12-15,18H2,1-5H3. The van der Waals surface area contributed by atoms with Crippen LogP contribution in [0, 0.1) is 6.92 Å². The molecule has 1 amide bonds. The van der Waals surface area contributed by atoms with Crippen LogP contribution in [0.2, 0.25) is 0 Å². The van der Waals surface area contributed by atoms with E-state index in [1.54, 1.807) is 13.3 Å². The fourth-order valence-corrected chi connectivity index (χ4v) is 4.99. The number of hydrogen-bond acceptors (Lipinski definition) is 4. The predicted octanol–water partition coefficient (Wildman–Crippen LogP) is 5.09. The molecule has 7 nitrogen and oxygen atoms in total. The molecule has 4 aromatic rings. The highest BCUT2D eigenvalue weighted by Gasteiger charge is 2.29. The fourth-order valence-electron chi connectivity index (χ4n) is 4.99. The van der Waals surface area contributed by atoms with Crippen LogP contribution < -0.4 is 4.74 Å². The first-order chi connectivity index (χ1) is 17.3. The Bertz CT molecular complexity index is 1410. The normalized spacial score (nSPS) is 13.9. The van der Waals surface area contributed by atoms with E-state index in [1.807, 2.05) is 33.8 Å². The van der Waals surface area contributed by atoms with Crippen molar-refractivity contribution in [1.82, 2.24) is 19.1 Å². The minimum absolute atomic E-state index is 0.0162. The molecule has 0 spiro atoms. The van der Waals surface area contributed by atoms with Crippen LogP contribution in [-0.4, -0.2) is 51.9 Å². The van der Waals surface area contributed by atoms with Gasteiger partial charge in [0.1, 0.15) is 18.1 Å². The molecule has 1 aliphatic heterocycles. The molecule has 1 aromatic carbocycles. The second-order valence-corrected chi connectivity index (χ2v) is 10.5. The minimum atomic E-state index is 0.0162. The molecule has 0 bridgehead atoms. The number of aromatic nitrogens is 3. The van der Waals surface area contributed by atoms with Crippen LogP contribution >= 0.6 is 0 Å². The van der Waals surface area contributed by atoms with E-state index in [1.165, 1.54) is 5.69 Å². The summed E-state index contributed by atoms with van der Waals surface area (Å²) in [6.45, 7) is 11.9. The largest absolute Gasteiger partial charge is 0.489 e. The Labute approximate surface area is 212 Å². The van der Waals surface area contributed by atoms with Gasteiger partial charge in [0, 0.05) is 55.7 Å². The average Bonchev–Trinajstić information content (AvgIpc) is 3.46. The molecule has 0 atom stereocenters. The molecule has 0 N–H and O–H groups in total. The fraction of sp³-hybridized carbons (Fsp3) is 0.379. The third kappa shape index (κ3) is 4.51. The molecule has 0 radical (unpaired) electrons. The van der Waals surface area contributed by atoms with E-state index >= 15 is 0 Å². The molecule has 188 valence electrons. The molecule has 7 heteroatoms. The summed E-state index contributed by atoms with van der Waals surface area (Å²) >= 11 is 0. The molecule has 0 aliphatic carbocycles. The Hall–Kier alpha value is -3.58. The van der Waals surface area contributed by atoms with Gasteiger partial charge in [-0.15, -0.1) is 0 Å². The summed E-state index contributed by atoms with van der Waals surface area (Å²) in [7, 11) is 1.66. The van der Waals surface area contributed by atoms with Crippen molar-refractivity contribution in [2.45, 2.75) is 46.2 Å². The second-order valence-electron chi connectivity index (χ2n) is 10.5. The Balaban J connectivity index is 1.36. The van der Waals surface area contributed by atoms with Gasteiger partial charge in [-0.2, -0.15) is 5.10 Å². The van der Waals surface area contributed by atoms with Crippen molar-refractivity contribution in [2.24, 2.45) is 0 Å². The number of methoxy groups -OCH3 is 1. The van der Waals surface area contributed by atoms with E-state index in [0.29, 0.717) is 26.3 Å². The Morgan fingerprint density at radius 2 is 1.86 bits per heavy atom. The van der Waals surface area contributed by atoms with E-state index in [4.69, 9.17) is 9.47 Å². The number of ether oxygens (including phenoxy) is 2. The number of fused-ring (bicyclic) bond motifs is 2. The number of amides is 1. The number of hydrogen-bond donors (Lipinski definition) is 0. The first kappa shape index (κ1) is 24.1. The first-order valence-electron chi connectivity index (χ1n) is 12.4. The lowest BCUT2D eigenvalue weighted by Gasteiger charge is -2.32. The zero-order chi connectivity index (χ0) is 25.4. The highest BCUT2D eigenvalue weighted by molar-refractivity contribution is 5.93. The van der Waals surface area contributed by atoms with Gasteiger partial charge in [0.15, 0.2) is 0 Å². The third-order valence-corrected chi connectivity index (χ3v) is 6.90. The summed E-state index contributed by atoms with van der Waals surface area (Å²) in [5.41, 5.74) is 7.52. The van der Waals surface area contributed by atoms with Gasteiger partial charge in [0.25, 0.3) is 5.91 Å². The van der Waals surface area contributed by atoms with Gasteiger partial charge < -0.3 is 18.9 Å². The van der Waals surface area contributed by atoms with Crippen LogP contribution in [0.5, 0.6) is 5.75 Å². The molecular weight excluding hydrogens is 452 g/mol. The van der Waals surface area contributed by atoms with Crippen LogP contribution in [0.1, 0.15) is 48.1 Å². The minimum Gasteiger partial charge on any atom is -0.489 e. The van der Waals surface area contributed by atoms with Crippen LogP contribution in [0.15, 0.2) is 54.9 Å². The van der Waals surface area contributed by atoms with Gasteiger partial charge in [0.2, 0.25) is 0 Å². The Kier molecular flexibility index (Phi) is 6.35. The highest BCUT2D eigenvalue weighted by atomic mass is 16.5. The van der Waals surface area contributed by atoms with Crippen LogP contribution in [0.3, 0.4) is 0 Å². The van der Waals surface area contributed by atoms with E-state index in [0.717, 1.165) is 45.8 Å². The van der Waals surface area contributed by atoms with Gasteiger partial charge >= 0.3 is 0 Å². The summed E-state index contributed by atoms with van der Waals surface area (Å²) in [6.07, 6.45) is 3.69. The Morgan fingerprint density at radius 1 is 1.03 bits per heavy atom. The number of benzene rings is 1.